The zero-order valence-electron chi connectivity index (χ0n) is 39.0. The van der Waals surface area contributed by atoms with Gasteiger partial charge in [-0.15, -0.1) is 0 Å². The lowest BCUT2D eigenvalue weighted by Gasteiger charge is -2.53. The van der Waals surface area contributed by atoms with E-state index in [0.717, 1.165) is 128 Å². The number of ketones is 1. The average molecular weight is 899 g/mol. The van der Waals surface area contributed by atoms with Gasteiger partial charge < -0.3 is 9.84 Å². The smallest absolute Gasteiger partial charge is 0.453 e. The van der Waals surface area contributed by atoms with Gasteiger partial charge in [0.05, 0.1) is 0 Å². The maximum atomic E-state index is 13.2. The number of ether oxygens (including phenoxy) is 1. The van der Waals surface area contributed by atoms with Crippen molar-refractivity contribution in [1.82, 2.24) is 0 Å². The molecule has 1 aromatic rings. The molecule has 3 aliphatic rings. The first kappa shape index (κ1) is 53.1. The van der Waals surface area contributed by atoms with Crippen LogP contribution in [0, 0.1) is 23.2 Å². The second-order valence-electron chi connectivity index (χ2n) is 19.1. The molecule has 4 nitrogen and oxygen atoms in total. The van der Waals surface area contributed by atoms with Gasteiger partial charge in [-0.3, -0.25) is 9.59 Å². The van der Waals surface area contributed by atoms with Crippen molar-refractivity contribution in [2.75, 3.05) is 0 Å². The van der Waals surface area contributed by atoms with Gasteiger partial charge in [0.25, 0.3) is 0 Å². The molecule has 1 N–H and O–H groups in total. The fourth-order valence-electron chi connectivity index (χ4n) is 10.9. The minimum atomic E-state index is -5.57. The molecule has 6 atom stereocenters. The van der Waals surface area contributed by atoms with Crippen LogP contribution in [0.1, 0.15) is 198 Å². The number of esters is 1. The van der Waals surface area contributed by atoms with E-state index in [2.05, 4.69) is 80.7 Å². The Morgan fingerprint density at radius 1 is 0.719 bits per heavy atom. The molecule has 0 saturated heterocycles. The van der Waals surface area contributed by atoms with Crippen molar-refractivity contribution in [2.24, 2.45) is 23.2 Å². The number of benzene rings is 1. The lowest BCUT2D eigenvalue weighted by Crippen LogP contribution is -2.48. The fourth-order valence-corrected chi connectivity index (χ4v) is 10.9. The van der Waals surface area contributed by atoms with Crippen molar-refractivity contribution in [1.29, 1.82) is 0 Å². The zero-order valence-corrected chi connectivity index (χ0v) is 39.0. The zero-order chi connectivity index (χ0) is 46.3. The summed E-state index contributed by atoms with van der Waals surface area (Å²) < 4.78 is 69.6. The van der Waals surface area contributed by atoms with Crippen LogP contribution in [0.4, 0.5) is 22.0 Å². The van der Waals surface area contributed by atoms with E-state index in [1.807, 2.05) is 12.1 Å². The highest BCUT2D eigenvalue weighted by Gasteiger charge is 2.58. The monoisotopic (exact) mass is 899 g/mol. The van der Waals surface area contributed by atoms with E-state index in [0.29, 0.717) is 48.7 Å². The Labute approximate surface area is 382 Å². The number of phenols is 1. The first-order chi connectivity index (χ1) is 30.8. The van der Waals surface area contributed by atoms with Crippen LogP contribution in [0.5, 0.6) is 5.75 Å². The van der Waals surface area contributed by atoms with E-state index in [4.69, 9.17) is 4.74 Å². The quantitative estimate of drug-likeness (QED) is 0.0362. The molecular weight excluding hydrogens is 820 g/mol. The van der Waals surface area contributed by atoms with Gasteiger partial charge in [-0.05, 0) is 156 Å². The van der Waals surface area contributed by atoms with E-state index in [1.54, 1.807) is 0 Å². The predicted molar refractivity (Wildman–Crippen MR) is 250 cm³/mol. The van der Waals surface area contributed by atoms with E-state index in [1.165, 1.54) is 11.1 Å². The minimum Gasteiger partial charge on any atom is -0.508 e. The number of allylic oxidation sites excluding steroid dienone is 10. The molecule has 2 fully saturated rings. The normalized spacial score (nSPS) is 23.8. The number of carbonyl (C=O) groups is 2. The molecule has 0 aliphatic heterocycles. The number of alkyl halides is 5. The number of hydrogen-bond donors (Lipinski definition) is 1. The highest BCUT2D eigenvalue weighted by molar-refractivity contribution is 5.78. The molecule has 0 radical (unpaired) electrons. The molecule has 0 aromatic heterocycles. The van der Waals surface area contributed by atoms with Crippen molar-refractivity contribution in [3.8, 4) is 5.75 Å². The number of unbranched alkanes of at least 4 members (excludes halogenated alkanes) is 9. The molecule has 0 amide bonds. The minimum absolute atomic E-state index is 0.0392. The van der Waals surface area contributed by atoms with E-state index in [9.17, 15) is 36.6 Å². The number of fused-ring (bicyclic) bond motifs is 5. The van der Waals surface area contributed by atoms with Crippen LogP contribution in [0.2, 0.25) is 0 Å². The van der Waals surface area contributed by atoms with Crippen LogP contribution >= 0.6 is 0 Å². The Bertz CT molecular complexity index is 1690. The van der Waals surface area contributed by atoms with Crippen LogP contribution in [0.25, 0.3) is 0 Å². The second-order valence-corrected chi connectivity index (χ2v) is 19.1. The van der Waals surface area contributed by atoms with Gasteiger partial charge in [0, 0.05) is 31.1 Å². The molecule has 358 valence electrons. The first-order valence-corrected chi connectivity index (χ1v) is 25.0. The predicted octanol–water partition coefficient (Wildman–Crippen LogP) is 16.5. The lowest BCUT2D eigenvalue weighted by molar-refractivity contribution is -0.284. The standard InChI is InChI=1S/C55H79F5O4/c1-3-4-5-6-7-8-9-10-11-12-13-14-15-16-17-18-22-25-28-33-51(63)64-50-37-36-49-52-43(41-44-42-46(62)34-35-47(44)48(52)38-40-53(49,50)2)30-26-23-20-19-21-24-27-31-45(61)32-29-39-54(56,57)55(58,59)60/h4-5,7-8,10-11,13-14,22,25,34-35,42-43,48-50,52,62H,3,6,9,12,15-21,23-24,26-33,36-41H2,1-2H3. The summed E-state index contributed by atoms with van der Waals surface area (Å²) in [4.78, 5) is 25.2. The van der Waals surface area contributed by atoms with Crippen molar-refractivity contribution in [3.63, 3.8) is 0 Å². The largest absolute Gasteiger partial charge is 0.508 e. The van der Waals surface area contributed by atoms with E-state index in [-0.39, 0.29) is 36.1 Å². The number of Topliss-reactive ketones (excluding diaryl/α,β-unsaturated/α-hetero) is 1. The third-order valence-corrected chi connectivity index (χ3v) is 14.4. The Morgan fingerprint density at radius 2 is 1.31 bits per heavy atom. The Kier molecular flexibility index (Phi) is 23.1. The molecule has 2 saturated carbocycles. The van der Waals surface area contributed by atoms with Gasteiger partial charge in [0.15, 0.2) is 0 Å². The van der Waals surface area contributed by atoms with Gasteiger partial charge in [-0.25, -0.2) is 0 Å². The Hall–Kier alpha value is -3.49. The molecule has 0 spiro atoms. The molecule has 3 aliphatic carbocycles. The molecule has 6 unspecified atom stereocenters. The Morgan fingerprint density at radius 3 is 1.98 bits per heavy atom. The van der Waals surface area contributed by atoms with Gasteiger partial charge in [-0.2, -0.15) is 22.0 Å². The van der Waals surface area contributed by atoms with Crippen LogP contribution < -0.4 is 0 Å². The summed E-state index contributed by atoms with van der Waals surface area (Å²) in [5, 5.41) is 10.4. The fraction of sp³-hybridized carbons (Fsp3) is 0.673. The van der Waals surface area contributed by atoms with Gasteiger partial charge in [0.1, 0.15) is 17.6 Å². The number of halogens is 5. The molecular formula is C55H79F5O4. The van der Waals surface area contributed by atoms with Crippen LogP contribution in [0.3, 0.4) is 0 Å². The first-order valence-electron chi connectivity index (χ1n) is 25.0. The van der Waals surface area contributed by atoms with E-state index < -0.39 is 24.9 Å². The molecule has 1 aromatic carbocycles. The third-order valence-electron chi connectivity index (χ3n) is 14.4. The van der Waals surface area contributed by atoms with Crippen molar-refractivity contribution >= 4 is 11.8 Å². The van der Waals surface area contributed by atoms with Crippen LogP contribution in [-0.4, -0.2) is 35.1 Å². The number of phenolic OH excluding ortho intramolecular Hbond substituents is 1. The summed E-state index contributed by atoms with van der Waals surface area (Å²) in [6.45, 7) is 4.53. The summed E-state index contributed by atoms with van der Waals surface area (Å²) >= 11 is 0. The molecule has 0 heterocycles. The van der Waals surface area contributed by atoms with Gasteiger partial charge in [-0.1, -0.05) is 119 Å². The molecule has 4 rings (SSSR count). The number of hydrogen-bond acceptors (Lipinski definition) is 4. The highest BCUT2D eigenvalue weighted by atomic mass is 19.4. The third kappa shape index (κ3) is 17.4. The van der Waals surface area contributed by atoms with Crippen LogP contribution in [0.15, 0.2) is 79.0 Å². The van der Waals surface area contributed by atoms with Crippen LogP contribution in [-0.2, 0) is 20.7 Å². The second kappa shape index (κ2) is 27.9. The highest BCUT2D eigenvalue weighted by Crippen LogP contribution is 2.63. The molecule has 64 heavy (non-hydrogen) atoms. The van der Waals surface area contributed by atoms with Crippen molar-refractivity contribution in [2.45, 2.75) is 211 Å². The Balaban J connectivity index is 1.13. The average Bonchev–Trinajstić information content (AvgIpc) is 3.58. The summed E-state index contributed by atoms with van der Waals surface area (Å²) in [6.07, 6.45) is 37.3. The topological polar surface area (TPSA) is 63.6 Å². The van der Waals surface area contributed by atoms with Gasteiger partial charge in [0.2, 0.25) is 0 Å². The summed E-state index contributed by atoms with van der Waals surface area (Å²) in [6, 6.07) is 5.95. The summed E-state index contributed by atoms with van der Waals surface area (Å²) in [5.74, 6) is -2.81. The SMILES string of the molecule is CCC=CCC=CCC=CCC=CCCCCC=CCCC(=O)OC1CCC2C3C(CCCCCCCCCC(=O)CCCC(F)(F)C(F)(F)F)Cc4cc(O)ccc4C3CCC12C. The number of rotatable bonds is 30. The maximum Gasteiger partial charge on any atom is 0.453 e. The molecule has 9 heteroatoms. The van der Waals surface area contributed by atoms with E-state index >= 15 is 0 Å². The van der Waals surface area contributed by atoms with Crippen molar-refractivity contribution in [3.05, 3.63) is 90.1 Å². The summed E-state index contributed by atoms with van der Waals surface area (Å²) in [5.41, 5.74) is 2.63. The molecule has 0 bridgehead atoms. The summed E-state index contributed by atoms with van der Waals surface area (Å²) in [7, 11) is 0. The van der Waals surface area contributed by atoms with Gasteiger partial charge >= 0.3 is 18.1 Å². The van der Waals surface area contributed by atoms with Crippen molar-refractivity contribution < 1.29 is 41.4 Å². The number of carbonyl (C=O) groups excluding carboxylic acids is 2. The lowest BCUT2D eigenvalue weighted by atomic mass is 9.52. The number of aromatic hydroxyl groups is 1. The maximum absolute atomic E-state index is 13.2.